The molecule has 0 aliphatic carbocycles. The highest BCUT2D eigenvalue weighted by molar-refractivity contribution is 5.88. The molecule has 308 valence electrons. The monoisotopic (exact) mass is 768 g/mol. The van der Waals surface area contributed by atoms with Gasteiger partial charge in [0.2, 0.25) is 0 Å². The lowest BCUT2D eigenvalue weighted by Gasteiger charge is -2.47. The van der Waals surface area contributed by atoms with Crippen LogP contribution in [0, 0.1) is 23.7 Å². The van der Waals surface area contributed by atoms with Gasteiger partial charge in [0.15, 0.2) is 23.9 Å². The van der Waals surface area contributed by atoms with Crippen LogP contribution in [0.2, 0.25) is 0 Å². The van der Waals surface area contributed by atoms with Crippen molar-refractivity contribution in [3.8, 4) is 11.5 Å². The van der Waals surface area contributed by atoms with Crippen LogP contribution in [0.25, 0.3) is 0 Å². The predicted molar refractivity (Wildman–Crippen MR) is 199 cm³/mol. The fourth-order valence-corrected chi connectivity index (χ4v) is 7.83. The molecule has 1 aromatic rings. The summed E-state index contributed by atoms with van der Waals surface area (Å²) >= 11 is 0. The van der Waals surface area contributed by atoms with E-state index in [2.05, 4.69) is 5.16 Å². The van der Waals surface area contributed by atoms with E-state index in [1.165, 1.54) is 34.8 Å². The normalized spacial score (nSPS) is 39.4. The molecule has 54 heavy (non-hydrogen) atoms. The van der Waals surface area contributed by atoms with E-state index in [-0.39, 0.29) is 37.5 Å². The predicted octanol–water partition coefficient (Wildman–Crippen LogP) is 3.28. The molecular formula is C39H64N2O13. The molecule has 2 fully saturated rings. The van der Waals surface area contributed by atoms with Crippen molar-refractivity contribution in [1.82, 2.24) is 4.90 Å². The van der Waals surface area contributed by atoms with Crippen molar-refractivity contribution >= 4 is 17.7 Å². The molecular weight excluding hydrogens is 704 g/mol. The molecule has 0 saturated carbocycles. The van der Waals surface area contributed by atoms with Crippen molar-refractivity contribution in [2.24, 2.45) is 28.8 Å². The Labute approximate surface area is 319 Å². The molecule has 0 bridgehead atoms. The SMILES string of the molecule is CCC1OC(=O)C(C)C(O)C(C)C(OC2OC(C)CC(N(C)C)C2OC(C)=O)C(C)(O)CC(C)C(=NOCOc2ccccc2OC)C(C)C(O)C1(C)O. The quantitative estimate of drug-likeness (QED) is 0.117. The zero-order valence-corrected chi connectivity index (χ0v) is 33.9. The van der Waals surface area contributed by atoms with Crippen LogP contribution in [0.5, 0.6) is 11.5 Å². The average molecular weight is 769 g/mol. The van der Waals surface area contributed by atoms with Crippen LogP contribution in [0.1, 0.15) is 81.6 Å². The first-order chi connectivity index (χ1) is 25.2. The smallest absolute Gasteiger partial charge is 0.311 e. The van der Waals surface area contributed by atoms with Gasteiger partial charge in [-0.25, -0.2) is 0 Å². The number of rotatable bonds is 10. The molecule has 14 unspecified atom stereocenters. The largest absolute Gasteiger partial charge is 0.493 e. The van der Waals surface area contributed by atoms with Crippen molar-refractivity contribution in [2.45, 2.75) is 142 Å². The number of esters is 2. The molecule has 2 saturated heterocycles. The number of benzene rings is 1. The minimum absolute atomic E-state index is 0.0584. The van der Waals surface area contributed by atoms with Gasteiger partial charge in [0.1, 0.15) is 11.7 Å². The Balaban J connectivity index is 2.11. The molecule has 4 N–H and O–H groups in total. The number of methoxy groups -OCH3 is 1. The van der Waals surface area contributed by atoms with Gasteiger partial charge < -0.3 is 58.6 Å². The van der Waals surface area contributed by atoms with Crippen molar-refractivity contribution < 1.29 is 63.3 Å². The summed E-state index contributed by atoms with van der Waals surface area (Å²) in [7, 11) is 5.23. The van der Waals surface area contributed by atoms with Crippen molar-refractivity contribution in [1.29, 1.82) is 0 Å². The van der Waals surface area contributed by atoms with Crippen LogP contribution >= 0.6 is 0 Å². The number of hydrogen-bond acceptors (Lipinski definition) is 15. The maximum absolute atomic E-state index is 13.6. The van der Waals surface area contributed by atoms with E-state index in [0.717, 1.165) is 0 Å². The van der Waals surface area contributed by atoms with Gasteiger partial charge in [-0.05, 0) is 73.2 Å². The number of carbonyl (C=O) groups is 2. The Kier molecular flexibility index (Phi) is 16.1. The van der Waals surface area contributed by atoms with Gasteiger partial charge in [0, 0.05) is 24.7 Å². The van der Waals surface area contributed by atoms with Crippen molar-refractivity contribution in [2.75, 3.05) is 28.0 Å². The summed E-state index contributed by atoms with van der Waals surface area (Å²) < 4.78 is 35.5. The molecule has 15 heteroatoms. The maximum atomic E-state index is 13.6. The highest BCUT2D eigenvalue weighted by atomic mass is 16.7. The average Bonchev–Trinajstić information content (AvgIpc) is 3.10. The maximum Gasteiger partial charge on any atom is 0.311 e. The fourth-order valence-electron chi connectivity index (χ4n) is 7.83. The zero-order valence-electron chi connectivity index (χ0n) is 33.9. The lowest BCUT2D eigenvalue weighted by Crippen LogP contribution is -2.60. The van der Waals surface area contributed by atoms with Gasteiger partial charge in [-0.3, -0.25) is 9.59 Å². The van der Waals surface area contributed by atoms with E-state index in [4.69, 9.17) is 33.3 Å². The molecule has 3 rings (SSSR count). The van der Waals surface area contributed by atoms with Crippen molar-refractivity contribution in [3.63, 3.8) is 0 Å². The lowest BCUT2D eigenvalue weighted by molar-refractivity contribution is -0.301. The minimum Gasteiger partial charge on any atom is -0.493 e. The zero-order chi connectivity index (χ0) is 40.7. The first-order valence-corrected chi connectivity index (χ1v) is 18.8. The third-order valence-electron chi connectivity index (χ3n) is 10.9. The van der Waals surface area contributed by atoms with Crippen LogP contribution in [0.3, 0.4) is 0 Å². The minimum atomic E-state index is -1.96. The Bertz CT molecular complexity index is 1400. The summed E-state index contributed by atoms with van der Waals surface area (Å²) in [6, 6.07) is 6.70. The molecule has 0 spiro atoms. The van der Waals surface area contributed by atoms with Crippen molar-refractivity contribution in [3.05, 3.63) is 24.3 Å². The third kappa shape index (κ3) is 10.8. The van der Waals surface area contributed by atoms with Crippen LogP contribution in [-0.2, 0) is 33.4 Å². The van der Waals surface area contributed by atoms with Gasteiger partial charge in [-0.2, -0.15) is 0 Å². The van der Waals surface area contributed by atoms with Gasteiger partial charge in [-0.15, -0.1) is 0 Å². The number of cyclic esters (lactones) is 1. The number of aliphatic hydroxyl groups excluding tert-OH is 2. The molecule has 1 aromatic carbocycles. The van der Waals surface area contributed by atoms with Gasteiger partial charge in [0.05, 0.1) is 54.8 Å². The first-order valence-electron chi connectivity index (χ1n) is 18.8. The third-order valence-corrected chi connectivity index (χ3v) is 10.9. The number of ether oxygens (including phenoxy) is 6. The van der Waals surface area contributed by atoms with E-state index in [9.17, 15) is 30.0 Å². The summed E-state index contributed by atoms with van der Waals surface area (Å²) in [6.45, 7) is 14.0. The first kappa shape index (κ1) is 45.3. The number of nitrogens with zero attached hydrogens (tertiary/aromatic N) is 2. The van der Waals surface area contributed by atoms with Gasteiger partial charge in [0.25, 0.3) is 6.79 Å². The van der Waals surface area contributed by atoms with Crippen LogP contribution in [0.15, 0.2) is 29.4 Å². The van der Waals surface area contributed by atoms with Crippen LogP contribution < -0.4 is 9.47 Å². The Morgan fingerprint density at radius 1 is 1.04 bits per heavy atom. The second kappa shape index (κ2) is 19.2. The number of likely N-dealkylation sites (N-methyl/N-ethyl adjacent to an activating group) is 1. The lowest BCUT2D eigenvalue weighted by atomic mass is 9.73. The Morgan fingerprint density at radius 2 is 1.67 bits per heavy atom. The molecule has 14 atom stereocenters. The molecule has 15 nitrogen and oxygen atoms in total. The fraction of sp³-hybridized carbons (Fsp3) is 0.769. The molecule has 0 aromatic heterocycles. The van der Waals surface area contributed by atoms with E-state index >= 15 is 0 Å². The van der Waals surface area contributed by atoms with E-state index in [1.807, 2.05) is 25.9 Å². The van der Waals surface area contributed by atoms with E-state index in [0.29, 0.717) is 17.9 Å². The molecule has 2 aliphatic heterocycles. The molecule has 0 amide bonds. The highest BCUT2D eigenvalue weighted by Gasteiger charge is 2.51. The summed E-state index contributed by atoms with van der Waals surface area (Å²) in [5.41, 5.74) is -3.48. The molecule has 0 radical (unpaired) electrons. The van der Waals surface area contributed by atoms with Gasteiger partial charge in [-0.1, -0.05) is 45.0 Å². The Morgan fingerprint density at radius 3 is 2.24 bits per heavy atom. The summed E-state index contributed by atoms with van der Waals surface area (Å²) in [6.07, 6.45) is -7.07. The summed E-state index contributed by atoms with van der Waals surface area (Å²) in [5, 5.41) is 52.0. The number of para-hydroxylation sites is 2. The second-order valence-electron chi connectivity index (χ2n) is 15.7. The standard InChI is InChI=1S/C39H64N2O13/c1-13-30-39(9,47)34(44)23(4)31(40-50-20-49-29-17-15-14-16-28(29)48-12)21(2)19-38(8,46)35(24(5)32(43)25(6)36(45)53-30)54-37-33(52-26(7)42)27(41(10)11)18-22(3)51-37/h14-17,21-25,27,30,32-35,37,43-44,46-47H,13,18-20H2,1-12H3. The number of hydrogen-bond donors (Lipinski definition) is 4. The van der Waals surface area contributed by atoms with E-state index in [1.54, 1.807) is 52.0 Å². The second-order valence-corrected chi connectivity index (χ2v) is 15.7. The number of carbonyl (C=O) groups excluding carboxylic acids is 2. The molecule has 2 aliphatic rings. The number of aliphatic hydroxyl groups is 4. The van der Waals surface area contributed by atoms with E-state index < -0.39 is 83.6 Å². The van der Waals surface area contributed by atoms with Crippen LogP contribution in [-0.4, -0.2) is 131 Å². The summed E-state index contributed by atoms with van der Waals surface area (Å²) in [5.74, 6) is -4.07. The van der Waals surface area contributed by atoms with Gasteiger partial charge >= 0.3 is 11.9 Å². The molecule has 2 heterocycles. The Hall–Kier alpha value is -3.05. The number of oxime groups is 1. The summed E-state index contributed by atoms with van der Waals surface area (Å²) in [4.78, 5) is 33.5. The van der Waals surface area contributed by atoms with Crippen LogP contribution in [0.4, 0.5) is 0 Å². The highest BCUT2D eigenvalue weighted by Crippen LogP contribution is 2.38. The topological polar surface area (TPSA) is 195 Å².